The summed E-state index contributed by atoms with van der Waals surface area (Å²) in [4.78, 5) is 48.7. The fourth-order valence-electron chi connectivity index (χ4n) is 3.54. The van der Waals surface area contributed by atoms with Crippen LogP contribution in [0.4, 0.5) is 4.39 Å². The fraction of sp³-hybridized carbons (Fsp3) is 0.360. The Balaban J connectivity index is 2.04. The van der Waals surface area contributed by atoms with E-state index >= 15 is 0 Å². The van der Waals surface area contributed by atoms with Crippen LogP contribution in [0.1, 0.15) is 37.3 Å². The zero-order chi connectivity index (χ0) is 25.1. The van der Waals surface area contributed by atoms with Crippen LogP contribution in [0.25, 0.3) is 0 Å². The van der Waals surface area contributed by atoms with Crippen molar-refractivity contribution in [2.75, 3.05) is 0 Å². The van der Waals surface area contributed by atoms with E-state index in [4.69, 9.17) is 11.5 Å². The third-order valence-electron chi connectivity index (χ3n) is 5.28. The molecule has 3 amide bonds. The Morgan fingerprint density at radius 1 is 0.912 bits per heavy atom. The van der Waals surface area contributed by atoms with Crippen molar-refractivity contribution < 1.29 is 23.6 Å². The first-order valence-electron chi connectivity index (χ1n) is 11.1. The lowest BCUT2D eigenvalue weighted by atomic mass is 10.0. The quantitative estimate of drug-likeness (QED) is 0.347. The molecule has 0 spiro atoms. The average molecular weight is 471 g/mol. The first-order valence-corrected chi connectivity index (χ1v) is 11.1. The highest BCUT2D eigenvalue weighted by molar-refractivity contribution is 5.93. The number of benzene rings is 2. The maximum atomic E-state index is 13.9. The highest BCUT2D eigenvalue weighted by atomic mass is 19.1. The van der Waals surface area contributed by atoms with Crippen molar-refractivity contribution in [1.82, 2.24) is 10.6 Å². The number of primary amides is 1. The largest absolute Gasteiger partial charge is 0.370 e. The molecular weight excluding hydrogens is 439 g/mol. The number of amides is 3. The monoisotopic (exact) mass is 470 g/mol. The van der Waals surface area contributed by atoms with E-state index in [1.54, 1.807) is 6.07 Å². The molecule has 0 heterocycles. The van der Waals surface area contributed by atoms with Gasteiger partial charge in [-0.05, 0) is 43.4 Å². The number of ketones is 1. The minimum absolute atomic E-state index is 0.0898. The van der Waals surface area contributed by atoms with Gasteiger partial charge in [0.2, 0.25) is 17.7 Å². The zero-order valence-electron chi connectivity index (χ0n) is 19.1. The molecular formula is C25H31FN4O4. The van der Waals surface area contributed by atoms with Gasteiger partial charge >= 0.3 is 0 Å². The highest BCUT2D eigenvalue weighted by Crippen LogP contribution is 2.10. The van der Waals surface area contributed by atoms with E-state index < -0.39 is 48.1 Å². The lowest BCUT2D eigenvalue weighted by molar-refractivity contribution is -0.132. The Labute approximate surface area is 198 Å². The van der Waals surface area contributed by atoms with Crippen molar-refractivity contribution in [2.45, 2.75) is 57.2 Å². The Morgan fingerprint density at radius 3 is 2.18 bits per heavy atom. The minimum atomic E-state index is -1.28. The molecule has 2 rings (SSSR count). The standard InChI is InChI=1S/C25H31FN4O4/c1-16(31)13-19(12-11-17-7-3-2-4-8-17)29-25(34)22(15-23(28)32)30-24(33)21(27)14-18-9-5-6-10-20(18)26/h2-10,19,21-22H,11-15,27H2,1H3,(H2,28,32)(H,29,34)(H,30,33)/t19-,21+,22+/m0/s1. The van der Waals surface area contributed by atoms with Gasteiger partial charge in [-0.1, -0.05) is 48.5 Å². The van der Waals surface area contributed by atoms with Crippen molar-refractivity contribution in [2.24, 2.45) is 11.5 Å². The van der Waals surface area contributed by atoms with Crippen LogP contribution in [0.2, 0.25) is 0 Å². The van der Waals surface area contributed by atoms with Crippen molar-refractivity contribution in [1.29, 1.82) is 0 Å². The third-order valence-corrected chi connectivity index (χ3v) is 5.28. The summed E-state index contributed by atoms with van der Waals surface area (Å²) in [6, 6.07) is 12.6. The highest BCUT2D eigenvalue weighted by Gasteiger charge is 2.27. The summed E-state index contributed by atoms with van der Waals surface area (Å²) in [5.41, 5.74) is 12.5. The second kappa shape index (κ2) is 13.2. The van der Waals surface area contributed by atoms with E-state index in [9.17, 15) is 23.6 Å². The molecule has 8 nitrogen and oxygen atoms in total. The molecule has 34 heavy (non-hydrogen) atoms. The Bertz CT molecular complexity index is 999. The fourth-order valence-corrected chi connectivity index (χ4v) is 3.54. The molecule has 0 aliphatic rings. The van der Waals surface area contributed by atoms with Crippen molar-refractivity contribution in [3.63, 3.8) is 0 Å². The molecule has 2 aromatic carbocycles. The molecule has 182 valence electrons. The number of aryl methyl sites for hydroxylation is 1. The Hall–Kier alpha value is -3.59. The van der Waals surface area contributed by atoms with E-state index in [-0.39, 0.29) is 24.2 Å². The van der Waals surface area contributed by atoms with E-state index in [1.807, 2.05) is 30.3 Å². The molecule has 0 aliphatic carbocycles. The van der Waals surface area contributed by atoms with Crippen molar-refractivity contribution in [3.05, 3.63) is 71.5 Å². The average Bonchev–Trinajstić information content (AvgIpc) is 2.78. The lowest BCUT2D eigenvalue weighted by Gasteiger charge is -2.23. The summed E-state index contributed by atoms with van der Waals surface area (Å²) in [5, 5.41) is 5.18. The predicted octanol–water partition coefficient (Wildman–Crippen LogP) is 1.15. The van der Waals surface area contributed by atoms with Gasteiger partial charge < -0.3 is 22.1 Å². The number of nitrogens with one attached hydrogen (secondary N) is 2. The third kappa shape index (κ3) is 9.11. The van der Waals surface area contributed by atoms with Crippen LogP contribution < -0.4 is 22.1 Å². The first-order chi connectivity index (χ1) is 16.2. The van der Waals surface area contributed by atoms with Crippen molar-refractivity contribution >= 4 is 23.5 Å². The first kappa shape index (κ1) is 26.7. The number of Topliss-reactive ketones (excluding diaryl/α,β-unsaturated/α-hetero) is 1. The van der Waals surface area contributed by atoms with Crippen LogP contribution >= 0.6 is 0 Å². The summed E-state index contributed by atoms with van der Waals surface area (Å²) in [7, 11) is 0. The van der Waals surface area contributed by atoms with Gasteiger partial charge in [0.25, 0.3) is 0 Å². The van der Waals surface area contributed by atoms with Gasteiger partial charge in [-0.2, -0.15) is 0 Å². The molecule has 6 N–H and O–H groups in total. The summed E-state index contributed by atoms with van der Waals surface area (Å²) in [6.45, 7) is 1.42. The van der Waals surface area contributed by atoms with Crippen LogP contribution in [0, 0.1) is 5.82 Å². The van der Waals surface area contributed by atoms with Crippen LogP contribution in [0.15, 0.2) is 54.6 Å². The number of hydrogen-bond donors (Lipinski definition) is 4. The number of carbonyl (C=O) groups excluding carboxylic acids is 4. The lowest BCUT2D eigenvalue weighted by Crippen LogP contribution is -2.55. The topological polar surface area (TPSA) is 144 Å². The molecule has 0 unspecified atom stereocenters. The van der Waals surface area contributed by atoms with Gasteiger partial charge in [-0.25, -0.2) is 4.39 Å². The Morgan fingerprint density at radius 2 is 1.56 bits per heavy atom. The Kier molecular flexibility index (Phi) is 10.3. The van der Waals surface area contributed by atoms with Gasteiger partial charge in [0.05, 0.1) is 12.5 Å². The maximum Gasteiger partial charge on any atom is 0.243 e. The number of halogens is 1. The van der Waals surface area contributed by atoms with Crippen LogP contribution in [0.5, 0.6) is 0 Å². The van der Waals surface area contributed by atoms with E-state index in [0.29, 0.717) is 12.8 Å². The molecule has 0 saturated carbocycles. The second-order valence-electron chi connectivity index (χ2n) is 8.27. The SMILES string of the molecule is CC(=O)C[C@H](CCc1ccccc1)NC(=O)[C@@H](CC(N)=O)NC(=O)[C@H](N)Cc1ccccc1F. The van der Waals surface area contributed by atoms with Crippen LogP contribution in [-0.4, -0.2) is 41.6 Å². The molecule has 0 bridgehead atoms. The molecule has 0 aliphatic heterocycles. The van der Waals surface area contributed by atoms with E-state index in [2.05, 4.69) is 10.6 Å². The predicted molar refractivity (Wildman–Crippen MR) is 126 cm³/mol. The van der Waals surface area contributed by atoms with Gasteiger partial charge in [0.15, 0.2) is 0 Å². The molecule has 9 heteroatoms. The molecule has 0 fully saturated rings. The van der Waals surface area contributed by atoms with Gasteiger partial charge in [-0.15, -0.1) is 0 Å². The van der Waals surface area contributed by atoms with Crippen LogP contribution in [-0.2, 0) is 32.0 Å². The van der Waals surface area contributed by atoms with E-state index in [1.165, 1.54) is 25.1 Å². The summed E-state index contributed by atoms with van der Waals surface area (Å²) >= 11 is 0. The molecule has 3 atom stereocenters. The molecule has 2 aromatic rings. The number of hydrogen-bond acceptors (Lipinski definition) is 5. The summed E-state index contributed by atoms with van der Waals surface area (Å²) in [6.07, 6.45) is 0.671. The number of carbonyl (C=O) groups is 4. The van der Waals surface area contributed by atoms with E-state index in [0.717, 1.165) is 5.56 Å². The number of nitrogens with two attached hydrogens (primary N) is 2. The second-order valence-corrected chi connectivity index (χ2v) is 8.27. The van der Waals surface area contributed by atoms with Gasteiger partial charge in [0.1, 0.15) is 17.6 Å². The summed E-state index contributed by atoms with van der Waals surface area (Å²) in [5.74, 6) is -2.78. The van der Waals surface area contributed by atoms with Gasteiger partial charge in [-0.3, -0.25) is 19.2 Å². The minimum Gasteiger partial charge on any atom is -0.370 e. The number of rotatable bonds is 13. The molecule has 0 saturated heterocycles. The normalized spacial score (nSPS) is 13.4. The van der Waals surface area contributed by atoms with Gasteiger partial charge in [0, 0.05) is 12.5 Å². The molecule has 0 radical (unpaired) electrons. The summed E-state index contributed by atoms with van der Waals surface area (Å²) < 4.78 is 13.9. The molecule has 0 aromatic heterocycles. The smallest absolute Gasteiger partial charge is 0.243 e. The van der Waals surface area contributed by atoms with Crippen LogP contribution in [0.3, 0.4) is 0 Å². The zero-order valence-corrected chi connectivity index (χ0v) is 19.1. The van der Waals surface area contributed by atoms with Crippen molar-refractivity contribution in [3.8, 4) is 0 Å². The maximum absolute atomic E-state index is 13.9.